The van der Waals surface area contributed by atoms with Gasteiger partial charge in [-0.15, -0.1) is 11.3 Å². The first kappa shape index (κ1) is 17.9. The molecule has 0 fully saturated rings. The van der Waals surface area contributed by atoms with Crippen molar-refractivity contribution < 1.29 is 14.3 Å². The maximum Gasteiger partial charge on any atom is 0.341 e. The van der Waals surface area contributed by atoms with E-state index in [-0.39, 0.29) is 24.6 Å². The molecule has 0 unspecified atom stereocenters. The molecular formula is C17H20N2O4S. The molecule has 128 valence electrons. The summed E-state index contributed by atoms with van der Waals surface area (Å²) in [6.45, 7) is 5.55. The van der Waals surface area contributed by atoms with Gasteiger partial charge in [-0.2, -0.15) is 0 Å². The number of carbonyl (C=O) groups excluding carboxylic acids is 2. The third-order valence-electron chi connectivity index (χ3n) is 3.40. The highest BCUT2D eigenvalue weighted by Gasteiger charge is 2.19. The number of nitrogens with one attached hydrogen (secondary N) is 1. The lowest BCUT2D eigenvalue weighted by atomic mass is 10.2. The molecule has 6 nitrogen and oxygen atoms in total. The van der Waals surface area contributed by atoms with E-state index >= 15 is 0 Å². The van der Waals surface area contributed by atoms with E-state index in [2.05, 4.69) is 5.32 Å². The number of carbonyl (C=O) groups is 2. The summed E-state index contributed by atoms with van der Waals surface area (Å²) < 4.78 is 6.36. The Kier molecular flexibility index (Phi) is 5.92. The van der Waals surface area contributed by atoms with Crippen LogP contribution in [0.15, 0.2) is 29.2 Å². The lowest BCUT2D eigenvalue weighted by Crippen LogP contribution is -2.28. The Morgan fingerprint density at radius 3 is 2.75 bits per heavy atom. The van der Waals surface area contributed by atoms with Gasteiger partial charge in [0.15, 0.2) is 0 Å². The number of rotatable bonds is 6. The Bertz CT molecular complexity index is 807. The van der Waals surface area contributed by atoms with Crippen LogP contribution in [0.5, 0.6) is 0 Å². The molecule has 2 aromatic rings. The Morgan fingerprint density at radius 2 is 2.08 bits per heavy atom. The molecule has 7 heteroatoms. The van der Waals surface area contributed by atoms with E-state index < -0.39 is 5.97 Å². The van der Waals surface area contributed by atoms with Crippen LogP contribution in [0.1, 0.15) is 34.6 Å². The van der Waals surface area contributed by atoms with Gasteiger partial charge in [-0.05, 0) is 32.4 Å². The minimum Gasteiger partial charge on any atom is -0.462 e. The Balaban J connectivity index is 2.19. The number of ether oxygens (including phenoxy) is 1. The van der Waals surface area contributed by atoms with Gasteiger partial charge in [-0.1, -0.05) is 13.0 Å². The van der Waals surface area contributed by atoms with Crippen molar-refractivity contribution in [2.45, 2.75) is 33.7 Å². The van der Waals surface area contributed by atoms with Crippen LogP contribution in [0, 0.1) is 6.92 Å². The second-order valence-corrected chi connectivity index (χ2v) is 6.34. The smallest absolute Gasteiger partial charge is 0.341 e. The number of pyridine rings is 1. The van der Waals surface area contributed by atoms with E-state index in [1.165, 1.54) is 15.9 Å². The van der Waals surface area contributed by atoms with Crippen LogP contribution in [-0.2, 0) is 22.5 Å². The largest absolute Gasteiger partial charge is 0.462 e. The monoisotopic (exact) mass is 348 g/mol. The van der Waals surface area contributed by atoms with Gasteiger partial charge in [-0.3, -0.25) is 9.59 Å². The first-order valence-corrected chi connectivity index (χ1v) is 8.53. The molecule has 0 saturated heterocycles. The first-order valence-electron chi connectivity index (χ1n) is 7.72. The quantitative estimate of drug-likeness (QED) is 0.814. The Morgan fingerprint density at radius 1 is 1.33 bits per heavy atom. The number of nitrogens with zero attached hydrogens (tertiary/aromatic N) is 1. The van der Waals surface area contributed by atoms with Crippen molar-refractivity contribution >= 4 is 28.2 Å². The summed E-state index contributed by atoms with van der Waals surface area (Å²) in [5, 5.41) is 3.17. The van der Waals surface area contributed by atoms with Crippen molar-refractivity contribution in [3.8, 4) is 0 Å². The van der Waals surface area contributed by atoms with E-state index in [1.54, 1.807) is 38.2 Å². The third-order valence-corrected chi connectivity index (χ3v) is 4.60. The molecule has 2 aromatic heterocycles. The number of thiophene rings is 1. The summed E-state index contributed by atoms with van der Waals surface area (Å²) >= 11 is 1.34. The minimum absolute atomic E-state index is 0.109. The van der Waals surface area contributed by atoms with Crippen LogP contribution >= 0.6 is 11.3 Å². The van der Waals surface area contributed by atoms with Gasteiger partial charge in [0.05, 0.1) is 12.2 Å². The predicted octanol–water partition coefficient (Wildman–Crippen LogP) is 2.60. The van der Waals surface area contributed by atoms with Gasteiger partial charge in [-0.25, -0.2) is 4.79 Å². The molecular weight excluding hydrogens is 328 g/mol. The lowest BCUT2D eigenvalue weighted by Gasteiger charge is -2.08. The van der Waals surface area contributed by atoms with Crippen molar-refractivity contribution in [2.24, 2.45) is 0 Å². The van der Waals surface area contributed by atoms with E-state index in [1.807, 2.05) is 6.92 Å². The van der Waals surface area contributed by atoms with Gasteiger partial charge >= 0.3 is 5.97 Å². The standard InChI is InChI=1S/C17H20N2O4S/c1-4-12-9-13(17(22)23-5-2)15(24-12)18-14(20)10-19-8-6-7-11(3)16(19)21/h6-9H,4-5,10H2,1-3H3,(H,18,20). The molecule has 24 heavy (non-hydrogen) atoms. The first-order chi connectivity index (χ1) is 11.5. The van der Waals surface area contributed by atoms with Crippen molar-refractivity contribution in [1.29, 1.82) is 0 Å². The fraction of sp³-hybridized carbons (Fsp3) is 0.353. The molecule has 0 aliphatic rings. The molecule has 1 amide bonds. The van der Waals surface area contributed by atoms with Gasteiger partial charge in [0, 0.05) is 16.6 Å². The van der Waals surface area contributed by atoms with E-state index in [0.717, 1.165) is 11.3 Å². The molecule has 2 rings (SSSR count). The maximum atomic E-state index is 12.3. The van der Waals surface area contributed by atoms with Crippen molar-refractivity contribution in [1.82, 2.24) is 4.57 Å². The molecule has 0 saturated carbocycles. The van der Waals surface area contributed by atoms with Crippen LogP contribution in [-0.4, -0.2) is 23.1 Å². The van der Waals surface area contributed by atoms with Crippen LogP contribution in [0.3, 0.4) is 0 Å². The highest BCUT2D eigenvalue weighted by Crippen LogP contribution is 2.29. The average molecular weight is 348 g/mol. The van der Waals surface area contributed by atoms with Crippen LogP contribution in [0.2, 0.25) is 0 Å². The predicted molar refractivity (Wildman–Crippen MR) is 93.7 cm³/mol. The van der Waals surface area contributed by atoms with E-state index in [0.29, 0.717) is 16.1 Å². The fourth-order valence-electron chi connectivity index (χ4n) is 2.17. The van der Waals surface area contributed by atoms with Gasteiger partial charge < -0.3 is 14.6 Å². The van der Waals surface area contributed by atoms with Gasteiger partial charge in [0.25, 0.3) is 5.56 Å². The average Bonchev–Trinajstić information content (AvgIpc) is 2.95. The van der Waals surface area contributed by atoms with E-state index in [4.69, 9.17) is 4.74 Å². The normalized spacial score (nSPS) is 10.5. The van der Waals surface area contributed by atoms with Crippen molar-refractivity contribution in [2.75, 3.05) is 11.9 Å². The molecule has 0 spiro atoms. The molecule has 0 aromatic carbocycles. The molecule has 0 bridgehead atoms. The number of amides is 1. The SMILES string of the molecule is CCOC(=O)c1cc(CC)sc1NC(=O)Cn1cccc(C)c1=O. The second-order valence-electron chi connectivity index (χ2n) is 5.20. The molecule has 2 heterocycles. The molecule has 0 radical (unpaired) electrons. The molecule has 0 aliphatic carbocycles. The molecule has 0 aliphatic heterocycles. The number of esters is 1. The number of aromatic nitrogens is 1. The van der Waals surface area contributed by atoms with Gasteiger partial charge in [0.2, 0.25) is 5.91 Å². The second kappa shape index (κ2) is 7.92. The van der Waals surface area contributed by atoms with Crippen molar-refractivity contribution in [3.05, 3.63) is 50.8 Å². The summed E-state index contributed by atoms with van der Waals surface area (Å²) in [6.07, 6.45) is 2.32. The highest BCUT2D eigenvalue weighted by molar-refractivity contribution is 7.16. The van der Waals surface area contributed by atoms with Crippen molar-refractivity contribution in [3.63, 3.8) is 0 Å². The van der Waals surface area contributed by atoms with Crippen LogP contribution in [0.25, 0.3) is 0 Å². The number of hydrogen-bond acceptors (Lipinski definition) is 5. The highest BCUT2D eigenvalue weighted by atomic mass is 32.1. The Hall–Kier alpha value is -2.41. The number of hydrogen-bond donors (Lipinski definition) is 1. The minimum atomic E-state index is -0.462. The summed E-state index contributed by atoms with van der Waals surface area (Å²) in [4.78, 5) is 37.2. The number of aryl methyl sites for hydroxylation is 2. The number of anilines is 1. The summed E-state index contributed by atoms with van der Waals surface area (Å²) in [6, 6.07) is 5.15. The summed E-state index contributed by atoms with van der Waals surface area (Å²) in [5.41, 5.74) is 0.712. The van der Waals surface area contributed by atoms with Crippen LogP contribution < -0.4 is 10.9 Å². The zero-order valence-corrected chi connectivity index (χ0v) is 14.7. The molecule has 0 atom stereocenters. The topological polar surface area (TPSA) is 77.4 Å². The zero-order chi connectivity index (χ0) is 17.7. The maximum absolute atomic E-state index is 12.3. The van der Waals surface area contributed by atoms with Gasteiger partial charge in [0.1, 0.15) is 11.5 Å². The Labute approximate surface area is 144 Å². The summed E-state index contributed by atoms with van der Waals surface area (Å²) in [7, 11) is 0. The molecule has 1 N–H and O–H groups in total. The summed E-state index contributed by atoms with van der Waals surface area (Å²) in [5.74, 6) is -0.825. The lowest BCUT2D eigenvalue weighted by molar-refractivity contribution is -0.116. The van der Waals surface area contributed by atoms with Crippen LogP contribution in [0.4, 0.5) is 5.00 Å². The third kappa shape index (κ3) is 4.11. The zero-order valence-electron chi connectivity index (χ0n) is 13.9. The fourth-order valence-corrected chi connectivity index (χ4v) is 3.17. The van der Waals surface area contributed by atoms with E-state index in [9.17, 15) is 14.4 Å².